The van der Waals surface area contributed by atoms with Gasteiger partial charge in [0.2, 0.25) is 0 Å². The molecule has 0 bridgehead atoms. The zero-order valence-electron chi connectivity index (χ0n) is 10.2. The molecule has 0 spiro atoms. The fourth-order valence-corrected chi connectivity index (χ4v) is 1.95. The maximum absolute atomic E-state index is 13.1. The fourth-order valence-electron chi connectivity index (χ4n) is 1.67. The van der Waals surface area contributed by atoms with E-state index in [0.717, 1.165) is 6.07 Å². The molecule has 0 aromatic heterocycles. The largest absolute Gasteiger partial charge is 0.489 e. The number of hydrogen-bond donors (Lipinski definition) is 2. The lowest BCUT2D eigenvalue weighted by Crippen LogP contribution is -2.34. The van der Waals surface area contributed by atoms with Gasteiger partial charge in [-0.25, -0.2) is 4.39 Å². The van der Waals surface area contributed by atoms with Crippen LogP contribution in [-0.4, -0.2) is 17.2 Å². The molecule has 20 heavy (non-hydrogen) atoms. The third-order valence-electron chi connectivity index (χ3n) is 2.67. The van der Waals surface area contributed by atoms with Crippen LogP contribution in [0.2, 0.25) is 10.0 Å². The molecule has 2 aromatic carbocycles. The van der Waals surface area contributed by atoms with Crippen LogP contribution in [0.1, 0.15) is 5.56 Å². The van der Waals surface area contributed by atoms with Crippen molar-refractivity contribution in [2.75, 3.05) is 0 Å². The summed E-state index contributed by atoms with van der Waals surface area (Å²) in [5.74, 6) is -0.0755. The minimum absolute atomic E-state index is 0.0468. The Morgan fingerprint density at radius 2 is 1.80 bits per heavy atom. The van der Waals surface area contributed by atoms with Crippen molar-refractivity contribution in [3.05, 3.63) is 57.8 Å². The van der Waals surface area contributed by atoms with Crippen molar-refractivity contribution in [3.8, 4) is 5.75 Å². The van der Waals surface area contributed by atoms with Gasteiger partial charge in [-0.2, -0.15) is 0 Å². The minimum Gasteiger partial charge on any atom is -0.489 e. The molecular formula is C13H10BCl2FO3. The third kappa shape index (κ3) is 3.64. The highest BCUT2D eigenvalue weighted by molar-refractivity contribution is 6.59. The fraction of sp³-hybridized carbons (Fsp3) is 0.0769. The van der Waals surface area contributed by atoms with E-state index in [9.17, 15) is 14.4 Å². The molecular weight excluding hydrogens is 305 g/mol. The Morgan fingerprint density at radius 3 is 2.45 bits per heavy atom. The van der Waals surface area contributed by atoms with Gasteiger partial charge in [0.25, 0.3) is 0 Å². The van der Waals surface area contributed by atoms with Crippen molar-refractivity contribution in [3.63, 3.8) is 0 Å². The third-order valence-corrected chi connectivity index (χ3v) is 3.41. The van der Waals surface area contributed by atoms with Crippen molar-refractivity contribution < 1.29 is 19.2 Å². The molecule has 0 saturated heterocycles. The summed E-state index contributed by atoms with van der Waals surface area (Å²) in [6, 6.07) is 8.47. The normalized spacial score (nSPS) is 10.4. The number of benzene rings is 2. The Balaban J connectivity index is 2.16. The van der Waals surface area contributed by atoms with Crippen LogP contribution in [0.15, 0.2) is 36.4 Å². The van der Waals surface area contributed by atoms with E-state index >= 15 is 0 Å². The summed E-state index contributed by atoms with van der Waals surface area (Å²) in [4.78, 5) is 0. The molecule has 0 fully saturated rings. The van der Waals surface area contributed by atoms with Gasteiger partial charge in [0.15, 0.2) is 0 Å². The minimum atomic E-state index is -1.77. The van der Waals surface area contributed by atoms with Crippen LogP contribution in [0.5, 0.6) is 5.75 Å². The Bertz CT molecular complexity index is 623. The van der Waals surface area contributed by atoms with E-state index in [0.29, 0.717) is 21.4 Å². The van der Waals surface area contributed by atoms with Gasteiger partial charge in [-0.05, 0) is 35.3 Å². The molecule has 104 valence electrons. The van der Waals surface area contributed by atoms with Gasteiger partial charge in [0, 0.05) is 6.07 Å². The van der Waals surface area contributed by atoms with Gasteiger partial charge in [0.1, 0.15) is 18.2 Å². The molecule has 3 nitrogen and oxygen atoms in total. The van der Waals surface area contributed by atoms with Crippen molar-refractivity contribution in [1.82, 2.24) is 0 Å². The predicted molar refractivity (Wildman–Crippen MR) is 77.0 cm³/mol. The molecule has 0 aliphatic carbocycles. The first-order valence-corrected chi connectivity index (χ1v) is 6.45. The molecule has 2 N–H and O–H groups in total. The summed E-state index contributed by atoms with van der Waals surface area (Å²) >= 11 is 11.6. The number of rotatable bonds is 4. The van der Waals surface area contributed by atoms with Crippen LogP contribution in [0.3, 0.4) is 0 Å². The molecule has 0 aliphatic rings. The lowest BCUT2D eigenvalue weighted by atomic mass is 9.77. The SMILES string of the molecule is OB(O)c1cc(F)ccc1COc1ccc(Cl)c(Cl)c1. The average molecular weight is 315 g/mol. The summed E-state index contributed by atoms with van der Waals surface area (Å²) in [5, 5.41) is 19.2. The van der Waals surface area contributed by atoms with Gasteiger partial charge >= 0.3 is 7.12 Å². The smallest absolute Gasteiger partial charge is 0.488 e. The van der Waals surface area contributed by atoms with Crippen LogP contribution < -0.4 is 10.2 Å². The van der Waals surface area contributed by atoms with E-state index in [-0.39, 0.29) is 12.1 Å². The summed E-state index contributed by atoms with van der Waals surface area (Å²) in [6.07, 6.45) is 0. The van der Waals surface area contributed by atoms with Crippen molar-refractivity contribution >= 4 is 35.8 Å². The molecule has 7 heteroatoms. The highest BCUT2D eigenvalue weighted by atomic mass is 35.5. The van der Waals surface area contributed by atoms with Crippen LogP contribution in [0.25, 0.3) is 0 Å². The van der Waals surface area contributed by atoms with Crippen LogP contribution in [0, 0.1) is 5.82 Å². The molecule has 2 rings (SSSR count). The molecule has 0 amide bonds. The van der Waals surface area contributed by atoms with Crippen molar-refractivity contribution in [2.45, 2.75) is 6.61 Å². The number of halogens is 3. The van der Waals surface area contributed by atoms with E-state index in [1.807, 2.05) is 0 Å². The van der Waals surface area contributed by atoms with E-state index in [1.165, 1.54) is 12.1 Å². The summed E-state index contributed by atoms with van der Waals surface area (Å²) in [7, 11) is -1.77. The predicted octanol–water partition coefficient (Wildman–Crippen LogP) is 2.39. The number of ether oxygens (including phenoxy) is 1. The molecule has 0 heterocycles. The second kappa shape index (κ2) is 6.46. The van der Waals surface area contributed by atoms with E-state index in [4.69, 9.17) is 27.9 Å². The van der Waals surface area contributed by atoms with E-state index in [2.05, 4.69) is 0 Å². The quantitative estimate of drug-likeness (QED) is 0.852. The van der Waals surface area contributed by atoms with E-state index < -0.39 is 12.9 Å². The van der Waals surface area contributed by atoms with Crippen LogP contribution in [-0.2, 0) is 6.61 Å². The van der Waals surface area contributed by atoms with Gasteiger partial charge in [-0.3, -0.25) is 0 Å². The standard InChI is InChI=1S/C13H10BCl2FO3/c15-12-4-3-10(6-13(12)16)20-7-8-1-2-9(17)5-11(8)14(18)19/h1-6,18-19H,7H2. The molecule has 0 radical (unpaired) electrons. The lowest BCUT2D eigenvalue weighted by Gasteiger charge is -2.11. The van der Waals surface area contributed by atoms with Crippen molar-refractivity contribution in [1.29, 1.82) is 0 Å². The van der Waals surface area contributed by atoms with E-state index in [1.54, 1.807) is 18.2 Å². The second-order valence-corrected chi connectivity index (χ2v) is 4.90. The maximum atomic E-state index is 13.1. The summed E-state index contributed by atoms with van der Waals surface area (Å²) < 4.78 is 18.5. The van der Waals surface area contributed by atoms with Gasteiger partial charge in [-0.1, -0.05) is 29.3 Å². The molecule has 0 unspecified atom stereocenters. The average Bonchev–Trinajstić information content (AvgIpc) is 2.41. The summed E-state index contributed by atoms with van der Waals surface area (Å²) in [6.45, 7) is 0.0468. The zero-order valence-corrected chi connectivity index (χ0v) is 11.7. The first-order valence-electron chi connectivity index (χ1n) is 5.69. The van der Waals surface area contributed by atoms with Crippen LogP contribution >= 0.6 is 23.2 Å². The molecule has 0 saturated carbocycles. The molecule has 0 atom stereocenters. The first-order chi connectivity index (χ1) is 9.47. The van der Waals surface area contributed by atoms with Crippen molar-refractivity contribution in [2.24, 2.45) is 0 Å². The highest BCUT2D eigenvalue weighted by Crippen LogP contribution is 2.26. The van der Waals surface area contributed by atoms with Gasteiger partial charge in [0.05, 0.1) is 10.0 Å². The highest BCUT2D eigenvalue weighted by Gasteiger charge is 2.17. The lowest BCUT2D eigenvalue weighted by molar-refractivity contribution is 0.306. The Morgan fingerprint density at radius 1 is 1.05 bits per heavy atom. The zero-order chi connectivity index (χ0) is 14.7. The molecule has 0 aliphatic heterocycles. The maximum Gasteiger partial charge on any atom is 0.488 e. The van der Waals surface area contributed by atoms with Crippen LogP contribution in [0.4, 0.5) is 4.39 Å². The Labute approximate surface area is 125 Å². The number of hydrogen-bond acceptors (Lipinski definition) is 3. The monoisotopic (exact) mass is 314 g/mol. The molecule has 2 aromatic rings. The Kier molecular flexibility index (Phi) is 4.88. The summed E-state index contributed by atoms with van der Waals surface area (Å²) in [5.41, 5.74) is 0.525. The van der Waals surface area contributed by atoms with Gasteiger partial charge in [-0.15, -0.1) is 0 Å². The first kappa shape index (κ1) is 15.1. The Hall–Kier alpha value is -1.27. The topological polar surface area (TPSA) is 49.7 Å². The second-order valence-electron chi connectivity index (χ2n) is 4.08. The van der Waals surface area contributed by atoms with Gasteiger partial charge < -0.3 is 14.8 Å².